The Morgan fingerprint density at radius 2 is 2.00 bits per heavy atom. The van der Waals surface area contributed by atoms with Crippen molar-refractivity contribution >= 4 is 16.7 Å². The zero-order chi connectivity index (χ0) is 13.1. The summed E-state index contributed by atoms with van der Waals surface area (Å²) in [6, 6.07) is 14.3. The van der Waals surface area contributed by atoms with Crippen LogP contribution in [0.4, 0.5) is 5.82 Å². The molecule has 0 aliphatic heterocycles. The summed E-state index contributed by atoms with van der Waals surface area (Å²) < 4.78 is 1.90. The van der Waals surface area contributed by atoms with Gasteiger partial charge in [-0.1, -0.05) is 18.2 Å². The van der Waals surface area contributed by atoms with Crippen LogP contribution in [0.15, 0.2) is 48.7 Å². The Kier molecular flexibility index (Phi) is 3.14. The Hall–Kier alpha value is -2.36. The van der Waals surface area contributed by atoms with Crippen molar-refractivity contribution in [1.82, 2.24) is 14.8 Å². The Labute approximate surface area is 112 Å². The first-order valence-electron chi connectivity index (χ1n) is 6.39. The molecule has 0 saturated carbocycles. The van der Waals surface area contributed by atoms with Crippen molar-refractivity contribution in [3.05, 3.63) is 54.4 Å². The van der Waals surface area contributed by atoms with E-state index in [2.05, 4.69) is 27.5 Å². The SMILES string of the molecule is Cn1nccc1CCNc1ccc2ccccc2n1. The lowest BCUT2D eigenvalue weighted by atomic mass is 10.2. The summed E-state index contributed by atoms with van der Waals surface area (Å²) in [4.78, 5) is 4.58. The second-order valence-corrected chi connectivity index (χ2v) is 4.51. The van der Waals surface area contributed by atoms with Crippen LogP contribution in [0.2, 0.25) is 0 Å². The number of hydrogen-bond acceptors (Lipinski definition) is 3. The quantitative estimate of drug-likeness (QED) is 0.776. The largest absolute Gasteiger partial charge is 0.370 e. The molecule has 1 N–H and O–H groups in total. The maximum Gasteiger partial charge on any atom is 0.126 e. The van der Waals surface area contributed by atoms with Gasteiger partial charge in [0.2, 0.25) is 0 Å². The molecule has 3 rings (SSSR count). The molecular formula is C15H16N4. The topological polar surface area (TPSA) is 42.7 Å². The average Bonchev–Trinajstić information content (AvgIpc) is 2.84. The highest BCUT2D eigenvalue weighted by atomic mass is 15.3. The molecule has 0 unspecified atom stereocenters. The third-order valence-electron chi connectivity index (χ3n) is 3.21. The molecule has 0 radical (unpaired) electrons. The lowest BCUT2D eigenvalue weighted by Crippen LogP contribution is -2.09. The first-order chi connectivity index (χ1) is 9.33. The highest BCUT2D eigenvalue weighted by Gasteiger charge is 2.00. The molecule has 2 aromatic heterocycles. The number of aromatic nitrogens is 3. The summed E-state index contributed by atoms with van der Waals surface area (Å²) in [6.45, 7) is 0.852. The predicted molar refractivity (Wildman–Crippen MR) is 77.1 cm³/mol. The number of pyridine rings is 1. The standard InChI is InChI=1S/C15H16N4/c1-19-13(9-11-17-19)8-10-16-15-7-6-12-4-2-3-5-14(12)18-15/h2-7,9,11H,8,10H2,1H3,(H,16,18). The third-order valence-corrected chi connectivity index (χ3v) is 3.21. The molecule has 96 valence electrons. The minimum Gasteiger partial charge on any atom is -0.370 e. The van der Waals surface area contributed by atoms with E-state index < -0.39 is 0 Å². The molecular weight excluding hydrogens is 236 g/mol. The van der Waals surface area contributed by atoms with E-state index in [4.69, 9.17) is 0 Å². The van der Waals surface area contributed by atoms with Crippen LogP contribution < -0.4 is 5.32 Å². The van der Waals surface area contributed by atoms with Crippen LogP contribution in [0.3, 0.4) is 0 Å². The van der Waals surface area contributed by atoms with Crippen molar-refractivity contribution in [3.63, 3.8) is 0 Å². The van der Waals surface area contributed by atoms with Gasteiger partial charge in [0.25, 0.3) is 0 Å². The number of nitrogens with zero attached hydrogens (tertiary/aromatic N) is 3. The number of fused-ring (bicyclic) bond motifs is 1. The molecule has 0 atom stereocenters. The summed E-state index contributed by atoms with van der Waals surface area (Å²) >= 11 is 0. The van der Waals surface area contributed by atoms with Gasteiger partial charge in [-0.05, 0) is 24.3 Å². The summed E-state index contributed by atoms with van der Waals surface area (Å²) in [5.74, 6) is 0.917. The van der Waals surface area contributed by atoms with Gasteiger partial charge < -0.3 is 5.32 Å². The van der Waals surface area contributed by atoms with Crippen molar-refractivity contribution in [2.75, 3.05) is 11.9 Å². The van der Waals surface area contributed by atoms with Crippen LogP contribution in [0.25, 0.3) is 10.9 Å². The van der Waals surface area contributed by atoms with Crippen molar-refractivity contribution in [3.8, 4) is 0 Å². The molecule has 0 aliphatic rings. The van der Waals surface area contributed by atoms with Crippen LogP contribution in [-0.4, -0.2) is 21.3 Å². The van der Waals surface area contributed by atoms with Crippen LogP contribution in [0.5, 0.6) is 0 Å². The molecule has 0 bridgehead atoms. The fraction of sp³-hybridized carbons (Fsp3) is 0.200. The van der Waals surface area contributed by atoms with Gasteiger partial charge in [0.1, 0.15) is 5.82 Å². The van der Waals surface area contributed by atoms with Gasteiger partial charge in [-0.2, -0.15) is 5.10 Å². The van der Waals surface area contributed by atoms with Gasteiger partial charge in [0.05, 0.1) is 5.52 Å². The Bertz CT molecular complexity index is 687. The Balaban J connectivity index is 1.67. The lowest BCUT2D eigenvalue weighted by Gasteiger charge is -2.07. The first kappa shape index (κ1) is 11.7. The molecule has 0 aliphatic carbocycles. The van der Waals surface area contributed by atoms with E-state index in [0.29, 0.717) is 0 Å². The van der Waals surface area contributed by atoms with E-state index in [1.165, 1.54) is 11.1 Å². The molecule has 1 aromatic carbocycles. The van der Waals surface area contributed by atoms with E-state index in [1.54, 1.807) is 0 Å². The second-order valence-electron chi connectivity index (χ2n) is 4.51. The predicted octanol–water partition coefficient (Wildman–Crippen LogP) is 2.62. The average molecular weight is 252 g/mol. The van der Waals surface area contributed by atoms with Gasteiger partial charge >= 0.3 is 0 Å². The molecule has 0 amide bonds. The molecule has 3 aromatic rings. The number of para-hydroxylation sites is 1. The molecule has 2 heterocycles. The summed E-state index contributed by atoms with van der Waals surface area (Å²) in [6.07, 6.45) is 2.76. The van der Waals surface area contributed by atoms with E-state index in [9.17, 15) is 0 Å². The molecule has 4 nitrogen and oxygen atoms in total. The molecule has 19 heavy (non-hydrogen) atoms. The number of hydrogen-bond donors (Lipinski definition) is 1. The fourth-order valence-electron chi connectivity index (χ4n) is 2.13. The zero-order valence-electron chi connectivity index (χ0n) is 10.9. The second kappa shape index (κ2) is 5.10. The molecule has 0 spiro atoms. The highest BCUT2D eigenvalue weighted by molar-refractivity contribution is 5.79. The zero-order valence-corrected chi connectivity index (χ0v) is 10.9. The minimum absolute atomic E-state index is 0.852. The third kappa shape index (κ3) is 2.57. The van der Waals surface area contributed by atoms with Crippen molar-refractivity contribution in [2.45, 2.75) is 6.42 Å². The minimum atomic E-state index is 0.852. The van der Waals surface area contributed by atoms with Crippen LogP contribution in [0, 0.1) is 0 Å². The van der Waals surface area contributed by atoms with Gasteiger partial charge in [0.15, 0.2) is 0 Å². The van der Waals surface area contributed by atoms with Crippen LogP contribution in [-0.2, 0) is 13.5 Å². The number of benzene rings is 1. The van der Waals surface area contributed by atoms with Crippen LogP contribution >= 0.6 is 0 Å². The van der Waals surface area contributed by atoms with E-state index in [1.807, 2.05) is 48.3 Å². The fourth-order valence-corrected chi connectivity index (χ4v) is 2.13. The van der Waals surface area contributed by atoms with Crippen molar-refractivity contribution < 1.29 is 0 Å². The molecule has 0 saturated heterocycles. The summed E-state index contributed by atoms with van der Waals surface area (Å²) in [7, 11) is 1.96. The number of rotatable bonds is 4. The van der Waals surface area contributed by atoms with Gasteiger partial charge in [0, 0.05) is 37.3 Å². The Morgan fingerprint density at radius 3 is 2.84 bits per heavy atom. The Morgan fingerprint density at radius 1 is 1.11 bits per heavy atom. The monoisotopic (exact) mass is 252 g/mol. The number of aryl methyl sites for hydroxylation is 1. The van der Waals surface area contributed by atoms with Gasteiger partial charge in [-0.3, -0.25) is 4.68 Å². The highest BCUT2D eigenvalue weighted by Crippen LogP contribution is 2.14. The summed E-state index contributed by atoms with van der Waals surface area (Å²) in [5, 5.41) is 8.67. The van der Waals surface area contributed by atoms with E-state index >= 15 is 0 Å². The van der Waals surface area contributed by atoms with Crippen LogP contribution in [0.1, 0.15) is 5.69 Å². The lowest BCUT2D eigenvalue weighted by molar-refractivity contribution is 0.711. The smallest absolute Gasteiger partial charge is 0.126 e. The summed E-state index contributed by atoms with van der Waals surface area (Å²) in [5.41, 5.74) is 2.24. The maximum absolute atomic E-state index is 4.58. The maximum atomic E-state index is 4.58. The molecule has 0 fully saturated rings. The number of nitrogens with one attached hydrogen (secondary N) is 1. The molecule has 4 heteroatoms. The normalized spacial score (nSPS) is 10.8. The van der Waals surface area contributed by atoms with Gasteiger partial charge in [-0.15, -0.1) is 0 Å². The van der Waals surface area contributed by atoms with E-state index in [-0.39, 0.29) is 0 Å². The van der Waals surface area contributed by atoms with Crippen molar-refractivity contribution in [1.29, 1.82) is 0 Å². The number of anilines is 1. The van der Waals surface area contributed by atoms with E-state index in [0.717, 1.165) is 24.3 Å². The van der Waals surface area contributed by atoms with Crippen molar-refractivity contribution in [2.24, 2.45) is 7.05 Å². The first-order valence-corrected chi connectivity index (χ1v) is 6.39. The van der Waals surface area contributed by atoms with Gasteiger partial charge in [-0.25, -0.2) is 4.98 Å².